The number of ether oxygens (including phenoxy) is 4. The van der Waals surface area contributed by atoms with Crippen LogP contribution in [0.25, 0.3) is 0 Å². The Kier molecular flexibility index (Phi) is 13.9. The molecular weight excluding hydrogens is 658 g/mol. The van der Waals surface area contributed by atoms with Gasteiger partial charge in [0.05, 0.1) is 48.7 Å². The van der Waals surface area contributed by atoms with E-state index in [1.807, 2.05) is 0 Å². The van der Waals surface area contributed by atoms with E-state index >= 15 is 0 Å². The molecule has 4 nitrogen and oxygen atoms in total. The summed E-state index contributed by atoms with van der Waals surface area (Å²) in [5, 5.41) is 0. The fraction of sp³-hybridized carbons (Fsp3) is 0.300. The van der Waals surface area contributed by atoms with E-state index in [1.165, 1.54) is 48.5 Å². The van der Waals surface area contributed by atoms with E-state index in [0.717, 1.165) is 25.7 Å². The highest BCUT2D eigenvalue weighted by atomic mass is 19.2. The Hall–Kier alpha value is -5.22. The summed E-state index contributed by atoms with van der Waals surface area (Å²) in [6.45, 7) is 6.51. The van der Waals surface area contributed by atoms with Crippen LogP contribution in [0.15, 0.2) is 60.7 Å². The Balaban J connectivity index is 1.16. The summed E-state index contributed by atoms with van der Waals surface area (Å²) in [4.78, 5) is 0. The third-order valence-electron chi connectivity index (χ3n) is 7.46. The molecule has 262 valence electrons. The highest BCUT2D eigenvalue weighted by molar-refractivity contribution is 5.48. The molecule has 0 fully saturated rings. The van der Waals surface area contributed by atoms with Crippen LogP contribution in [0.1, 0.15) is 68.7 Å². The molecule has 0 atom stereocenters. The maximum absolute atomic E-state index is 14.6. The van der Waals surface area contributed by atoms with Crippen molar-refractivity contribution in [3.8, 4) is 46.7 Å². The minimum atomic E-state index is -1.16. The van der Waals surface area contributed by atoms with Crippen LogP contribution in [0.2, 0.25) is 0 Å². The molecule has 0 spiro atoms. The molecule has 0 saturated carbocycles. The minimum Gasteiger partial charge on any atom is -0.493 e. The molecule has 0 aromatic heterocycles. The Morgan fingerprint density at radius 3 is 1.26 bits per heavy atom. The molecule has 10 heteroatoms. The third kappa shape index (κ3) is 10.4. The first kappa shape index (κ1) is 37.6. The lowest BCUT2D eigenvalue weighted by Gasteiger charge is -2.13. The van der Waals surface area contributed by atoms with Gasteiger partial charge in [-0.25, -0.2) is 17.6 Å². The largest absolute Gasteiger partial charge is 0.493 e. The van der Waals surface area contributed by atoms with E-state index in [1.54, 1.807) is 26.0 Å². The summed E-state index contributed by atoms with van der Waals surface area (Å²) < 4.78 is 107. The molecular formula is C40H36F6O4. The van der Waals surface area contributed by atoms with Gasteiger partial charge in [-0.2, -0.15) is 8.78 Å². The first-order valence-electron chi connectivity index (χ1n) is 16.2. The average molecular weight is 695 g/mol. The Morgan fingerprint density at radius 2 is 0.880 bits per heavy atom. The zero-order chi connectivity index (χ0) is 36.0. The molecule has 0 N–H and O–H groups in total. The van der Waals surface area contributed by atoms with Gasteiger partial charge in [0.2, 0.25) is 11.6 Å². The summed E-state index contributed by atoms with van der Waals surface area (Å²) in [5.41, 5.74) is -0.387. The SMILES string of the molecule is CCOc1ccc(C#Cc2ccc(OCCCC(C)CCCOc3ccc(C#Cc4ccc(OCC)c(F)c4F)c(F)c3)cc2F)c(F)c1F. The molecule has 0 aliphatic rings. The molecule has 0 unspecified atom stereocenters. The minimum absolute atomic E-state index is 0.0174. The Morgan fingerprint density at radius 1 is 0.500 bits per heavy atom. The second kappa shape index (κ2) is 18.5. The zero-order valence-electron chi connectivity index (χ0n) is 27.9. The van der Waals surface area contributed by atoms with E-state index < -0.39 is 34.9 Å². The highest BCUT2D eigenvalue weighted by Gasteiger charge is 2.15. The van der Waals surface area contributed by atoms with E-state index in [4.69, 9.17) is 18.9 Å². The Bertz CT molecular complexity index is 1770. The van der Waals surface area contributed by atoms with E-state index in [9.17, 15) is 26.3 Å². The summed E-state index contributed by atoms with van der Waals surface area (Å²) in [6.07, 6.45) is 3.18. The van der Waals surface area contributed by atoms with Crippen molar-refractivity contribution in [1.82, 2.24) is 0 Å². The van der Waals surface area contributed by atoms with E-state index in [0.29, 0.717) is 30.6 Å². The molecule has 4 aromatic rings. The second-order valence-corrected chi connectivity index (χ2v) is 11.2. The van der Waals surface area contributed by atoms with Crippen molar-refractivity contribution in [2.75, 3.05) is 26.4 Å². The smallest absolute Gasteiger partial charge is 0.201 e. The molecule has 0 radical (unpaired) electrons. The van der Waals surface area contributed by atoms with Gasteiger partial charge in [0.15, 0.2) is 23.1 Å². The predicted octanol–water partition coefficient (Wildman–Crippen LogP) is 9.77. The van der Waals surface area contributed by atoms with Crippen LogP contribution in [0, 0.1) is 64.5 Å². The molecule has 0 heterocycles. The maximum Gasteiger partial charge on any atom is 0.201 e. The predicted molar refractivity (Wildman–Crippen MR) is 178 cm³/mol. The molecule has 0 saturated heterocycles. The van der Waals surface area contributed by atoms with E-state index in [-0.39, 0.29) is 47.0 Å². The highest BCUT2D eigenvalue weighted by Crippen LogP contribution is 2.25. The lowest BCUT2D eigenvalue weighted by Crippen LogP contribution is -2.05. The summed E-state index contributed by atoms with van der Waals surface area (Å²) in [5.74, 6) is 4.67. The van der Waals surface area contributed by atoms with Gasteiger partial charge in [0.25, 0.3) is 0 Å². The van der Waals surface area contributed by atoms with Gasteiger partial charge in [-0.15, -0.1) is 0 Å². The van der Waals surface area contributed by atoms with Gasteiger partial charge >= 0.3 is 0 Å². The van der Waals surface area contributed by atoms with Crippen molar-refractivity contribution in [3.63, 3.8) is 0 Å². The van der Waals surface area contributed by atoms with Gasteiger partial charge in [-0.3, -0.25) is 0 Å². The van der Waals surface area contributed by atoms with Crippen LogP contribution < -0.4 is 18.9 Å². The molecule has 0 bridgehead atoms. The second-order valence-electron chi connectivity index (χ2n) is 11.2. The maximum atomic E-state index is 14.6. The van der Waals surface area contributed by atoms with Crippen molar-refractivity contribution in [1.29, 1.82) is 0 Å². The van der Waals surface area contributed by atoms with Gasteiger partial charge in [-0.1, -0.05) is 30.6 Å². The lowest BCUT2D eigenvalue weighted by atomic mass is 10.0. The standard InChI is InChI=1S/C40H36F6O4/c1-4-47-35-20-16-29(37(43)39(35)45)12-10-27-14-18-31(24-33(27)41)49-22-6-8-26(3)9-7-23-50-32-19-15-28(34(42)25-32)11-13-30-17-21-36(48-5-2)40(46)38(30)44/h14-21,24-26H,4-9,22-23H2,1-3H3. The number of hydrogen-bond acceptors (Lipinski definition) is 4. The first-order valence-corrected chi connectivity index (χ1v) is 16.2. The molecule has 0 aliphatic carbocycles. The fourth-order valence-corrected chi connectivity index (χ4v) is 4.82. The average Bonchev–Trinajstić information content (AvgIpc) is 3.10. The molecule has 4 rings (SSSR count). The summed E-state index contributed by atoms with van der Waals surface area (Å²) >= 11 is 0. The topological polar surface area (TPSA) is 36.9 Å². The number of halogens is 6. The van der Waals surface area contributed by atoms with Crippen LogP contribution >= 0.6 is 0 Å². The quantitative estimate of drug-likeness (QED) is 0.0749. The van der Waals surface area contributed by atoms with E-state index in [2.05, 4.69) is 30.6 Å². The van der Waals surface area contributed by atoms with Gasteiger partial charge in [-0.05, 0) is 94.0 Å². The zero-order valence-corrected chi connectivity index (χ0v) is 27.9. The van der Waals surface area contributed by atoms with Crippen molar-refractivity contribution in [3.05, 3.63) is 118 Å². The van der Waals surface area contributed by atoms with Crippen LogP contribution in [0.5, 0.6) is 23.0 Å². The van der Waals surface area contributed by atoms with Gasteiger partial charge in [0.1, 0.15) is 23.1 Å². The van der Waals surface area contributed by atoms with Crippen molar-refractivity contribution >= 4 is 0 Å². The fourth-order valence-electron chi connectivity index (χ4n) is 4.82. The van der Waals surface area contributed by atoms with Gasteiger partial charge in [0, 0.05) is 12.1 Å². The lowest BCUT2D eigenvalue weighted by molar-refractivity contribution is 0.273. The number of rotatable bonds is 14. The van der Waals surface area contributed by atoms with Crippen LogP contribution in [0.3, 0.4) is 0 Å². The van der Waals surface area contributed by atoms with Crippen molar-refractivity contribution in [2.24, 2.45) is 5.92 Å². The van der Waals surface area contributed by atoms with Crippen molar-refractivity contribution in [2.45, 2.75) is 46.5 Å². The number of benzene rings is 4. The normalized spacial score (nSPS) is 10.6. The molecule has 0 aliphatic heterocycles. The number of hydrogen-bond donors (Lipinski definition) is 0. The van der Waals surface area contributed by atoms with Gasteiger partial charge < -0.3 is 18.9 Å². The van der Waals surface area contributed by atoms with Crippen LogP contribution in [-0.4, -0.2) is 26.4 Å². The monoisotopic (exact) mass is 694 g/mol. The summed E-state index contributed by atoms with van der Waals surface area (Å²) in [7, 11) is 0. The molecule has 50 heavy (non-hydrogen) atoms. The van der Waals surface area contributed by atoms with Crippen LogP contribution in [0.4, 0.5) is 26.3 Å². The molecule has 0 amide bonds. The van der Waals surface area contributed by atoms with Crippen LogP contribution in [-0.2, 0) is 0 Å². The Labute approximate surface area is 288 Å². The molecule has 4 aromatic carbocycles. The third-order valence-corrected chi connectivity index (χ3v) is 7.46. The first-order chi connectivity index (χ1) is 24.1. The summed E-state index contributed by atoms with van der Waals surface area (Å²) in [6, 6.07) is 13.5. The van der Waals surface area contributed by atoms with Crippen molar-refractivity contribution < 1.29 is 45.3 Å².